The summed E-state index contributed by atoms with van der Waals surface area (Å²) in [5, 5.41) is 0. The Kier molecular flexibility index (Phi) is 3.49. The number of hydrogen-bond donors (Lipinski definition) is 0. The zero-order chi connectivity index (χ0) is 9.68. The van der Waals surface area contributed by atoms with Crippen LogP contribution in [0.1, 0.15) is 30.3 Å². The van der Waals surface area contributed by atoms with Crippen LogP contribution in [-0.2, 0) is 11.8 Å². The van der Waals surface area contributed by atoms with Crippen molar-refractivity contribution in [1.29, 1.82) is 0 Å². The van der Waals surface area contributed by atoms with E-state index in [1.165, 1.54) is 6.20 Å². The number of carbonyl (C=O) groups is 1. The topological polar surface area (TPSA) is 44.1 Å². The molecule has 0 aliphatic heterocycles. The first-order valence-electron chi connectivity index (χ1n) is 4.39. The van der Waals surface area contributed by atoms with E-state index in [0.29, 0.717) is 12.3 Å². The Morgan fingerprint density at radius 3 is 3.00 bits per heavy atom. The summed E-state index contributed by atoms with van der Waals surface area (Å²) in [7, 11) is 1.77. The van der Waals surface area contributed by atoms with Crippen LogP contribution in [0.25, 0.3) is 0 Å². The van der Waals surface area contributed by atoms with Crippen LogP contribution in [-0.4, -0.2) is 22.1 Å². The molecule has 4 nitrogen and oxygen atoms in total. The maximum absolute atomic E-state index is 11.3. The van der Waals surface area contributed by atoms with E-state index < -0.39 is 0 Å². The van der Waals surface area contributed by atoms with Gasteiger partial charge in [-0.25, -0.2) is 9.78 Å². The monoisotopic (exact) mass is 182 g/mol. The van der Waals surface area contributed by atoms with Gasteiger partial charge in [0.1, 0.15) is 5.69 Å². The summed E-state index contributed by atoms with van der Waals surface area (Å²) >= 11 is 0. The molecule has 1 aromatic rings. The molecule has 0 unspecified atom stereocenters. The molecule has 0 saturated carbocycles. The Morgan fingerprint density at radius 1 is 1.69 bits per heavy atom. The van der Waals surface area contributed by atoms with Crippen molar-refractivity contribution in [3.8, 4) is 0 Å². The Labute approximate surface area is 77.5 Å². The van der Waals surface area contributed by atoms with E-state index >= 15 is 0 Å². The Morgan fingerprint density at radius 2 is 2.46 bits per heavy atom. The number of imidazole rings is 1. The Bertz CT molecular complexity index is 281. The molecule has 0 fully saturated rings. The van der Waals surface area contributed by atoms with Crippen LogP contribution in [0.3, 0.4) is 0 Å². The highest BCUT2D eigenvalue weighted by Crippen LogP contribution is 2.00. The molecule has 0 spiro atoms. The first-order valence-corrected chi connectivity index (χ1v) is 4.39. The lowest BCUT2D eigenvalue weighted by molar-refractivity contribution is 0.0488. The van der Waals surface area contributed by atoms with Gasteiger partial charge in [-0.15, -0.1) is 0 Å². The fraction of sp³-hybridized carbons (Fsp3) is 0.556. The minimum absolute atomic E-state index is 0.298. The molecular weight excluding hydrogens is 168 g/mol. The fourth-order valence-corrected chi connectivity index (χ4v) is 0.937. The highest BCUT2D eigenvalue weighted by Gasteiger charge is 2.09. The lowest BCUT2D eigenvalue weighted by Crippen LogP contribution is -2.10. The molecule has 1 rings (SSSR count). The molecule has 72 valence electrons. The molecule has 1 aromatic heterocycles. The van der Waals surface area contributed by atoms with Gasteiger partial charge in [0.15, 0.2) is 0 Å². The molecular formula is C9H14N2O2. The molecule has 0 aliphatic carbocycles. The van der Waals surface area contributed by atoms with Gasteiger partial charge in [0.2, 0.25) is 0 Å². The van der Waals surface area contributed by atoms with Gasteiger partial charge >= 0.3 is 5.97 Å². The number of aromatic nitrogens is 2. The quantitative estimate of drug-likeness (QED) is 0.522. The van der Waals surface area contributed by atoms with Crippen LogP contribution >= 0.6 is 0 Å². The highest BCUT2D eigenvalue weighted by atomic mass is 16.5. The number of esters is 1. The van der Waals surface area contributed by atoms with E-state index in [-0.39, 0.29) is 5.97 Å². The first-order chi connectivity index (χ1) is 6.25. The van der Waals surface area contributed by atoms with Gasteiger partial charge in [0.25, 0.3) is 0 Å². The predicted molar refractivity (Wildman–Crippen MR) is 48.4 cm³/mol. The first kappa shape index (κ1) is 9.77. The van der Waals surface area contributed by atoms with E-state index in [1.807, 2.05) is 0 Å². The fourth-order valence-electron chi connectivity index (χ4n) is 0.937. The summed E-state index contributed by atoms with van der Waals surface area (Å²) in [6.45, 7) is 2.54. The van der Waals surface area contributed by atoms with Gasteiger partial charge in [0.05, 0.1) is 19.1 Å². The van der Waals surface area contributed by atoms with Crippen molar-refractivity contribution >= 4 is 5.97 Å². The van der Waals surface area contributed by atoms with E-state index in [2.05, 4.69) is 11.9 Å². The number of hydrogen-bond acceptors (Lipinski definition) is 3. The van der Waals surface area contributed by atoms with Crippen LogP contribution in [0.15, 0.2) is 12.5 Å². The normalized spacial score (nSPS) is 10.0. The van der Waals surface area contributed by atoms with E-state index in [1.54, 1.807) is 17.9 Å². The minimum atomic E-state index is -0.298. The van der Waals surface area contributed by atoms with E-state index in [9.17, 15) is 4.79 Å². The van der Waals surface area contributed by atoms with Crippen molar-refractivity contribution in [2.75, 3.05) is 6.61 Å². The zero-order valence-electron chi connectivity index (χ0n) is 7.99. The van der Waals surface area contributed by atoms with Gasteiger partial charge < -0.3 is 9.30 Å². The Balaban J connectivity index is 2.45. The second-order valence-corrected chi connectivity index (χ2v) is 2.88. The van der Waals surface area contributed by atoms with Crippen LogP contribution < -0.4 is 0 Å². The van der Waals surface area contributed by atoms with Crippen molar-refractivity contribution in [1.82, 2.24) is 9.55 Å². The maximum atomic E-state index is 11.3. The average molecular weight is 182 g/mol. The highest BCUT2D eigenvalue weighted by molar-refractivity contribution is 5.87. The average Bonchev–Trinajstić information content (AvgIpc) is 2.52. The minimum Gasteiger partial charge on any atom is -0.461 e. The molecule has 0 radical (unpaired) electrons. The summed E-state index contributed by atoms with van der Waals surface area (Å²) in [6.07, 6.45) is 5.02. The molecule has 1 heterocycles. The summed E-state index contributed by atoms with van der Waals surface area (Å²) < 4.78 is 6.65. The van der Waals surface area contributed by atoms with Crippen molar-refractivity contribution in [3.63, 3.8) is 0 Å². The smallest absolute Gasteiger partial charge is 0.356 e. The van der Waals surface area contributed by atoms with Gasteiger partial charge in [-0.2, -0.15) is 0 Å². The molecule has 4 heteroatoms. The van der Waals surface area contributed by atoms with Crippen molar-refractivity contribution in [3.05, 3.63) is 18.2 Å². The number of nitrogens with zero attached hydrogens (tertiary/aromatic N) is 2. The van der Waals surface area contributed by atoms with Crippen molar-refractivity contribution in [2.45, 2.75) is 19.8 Å². The second-order valence-electron chi connectivity index (χ2n) is 2.88. The van der Waals surface area contributed by atoms with Crippen LogP contribution in [0, 0.1) is 0 Å². The van der Waals surface area contributed by atoms with Crippen molar-refractivity contribution in [2.24, 2.45) is 7.05 Å². The molecule has 0 atom stereocenters. The number of rotatable bonds is 4. The Hall–Kier alpha value is -1.32. The molecule has 0 bridgehead atoms. The predicted octanol–water partition coefficient (Wildman–Crippen LogP) is 1.38. The lowest BCUT2D eigenvalue weighted by Gasteiger charge is -2.03. The van der Waals surface area contributed by atoms with Gasteiger partial charge in [0, 0.05) is 7.05 Å². The van der Waals surface area contributed by atoms with Crippen LogP contribution in [0.4, 0.5) is 0 Å². The summed E-state index contributed by atoms with van der Waals surface area (Å²) in [6, 6.07) is 0. The SMILES string of the molecule is CCCCOC(=O)c1cncn1C. The summed E-state index contributed by atoms with van der Waals surface area (Å²) in [5.41, 5.74) is 0.496. The zero-order valence-corrected chi connectivity index (χ0v) is 7.99. The van der Waals surface area contributed by atoms with Gasteiger partial charge in [-0.05, 0) is 6.42 Å². The molecule has 0 N–H and O–H groups in total. The van der Waals surface area contributed by atoms with E-state index in [0.717, 1.165) is 12.8 Å². The number of ether oxygens (including phenoxy) is 1. The van der Waals surface area contributed by atoms with Crippen molar-refractivity contribution < 1.29 is 9.53 Å². The molecule has 0 amide bonds. The number of aryl methyl sites for hydroxylation is 1. The second kappa shape index (κ2) is 4.64. The van der Waals surface area contributed by atoms with Gasteiger partial charge in [-0.3, -0.25) is 0 Å². The van der Waals surface area contributed by atoms with Gasteiger partial charge in [-0.1, -0.05) is 13.3 Å². The molecule has 0 saturated heterocycles. The largest absolute Gasteiger partial charge is 0.461 e. The lowest BCUT2D eigenvalue weighted by atomic mass is 10.4. The molecule has 13 heavy (non-hydrogen) atoms. The summed E-state index contributed by atoms with van der Waals surface area (Å²) in [5.74, 6) is -0.298. The summed E-state index contributed by atoms with van der Waals surface area (Å²) in [4.78, 5) is 15.2. The third-order valence-corrected chi connectivity index (χ3v) is 1.76. The standard InChI is InChI=1S/C9H14N2O2/c1-3-4-5-13-9(12)8-6-10-7-11(8)2/h6-7H,3-5H2,1-2H3. The third-order valence-electron chi connectivity index (χ3n) is 1.76. The maximum Gasteiger partial charge on any atom is 0.356 e. The molecule has 0 aliphatic rings. The van der Waals surface area contributed by atoms with Crippen LogP contribution in [0.5, 0.6) is 0 Å². The molecule has 0 aromatic carbocycles. The number of unbranched alkanes of at least 4 members (excludes halogenated alkanes) is 1. The number of carbonyl (C=O) groups excluding carboxylic acids is 1. The third kappa shape index (κ3) is 2.57. The van der Waals surface area contributed by atoms with E-state index in [4.69, 9.17) is 4.74 Å². The van der Waals surface area contributed by atoms with Crippen LogP contribution in [0.2, 0.25) is 0 Å².